The highest BCUT2D eigenvalue weighted by molar-refractivity contribution is 5.96. The summed E-state index contributed by atoms with van der Waals surface area (Å²) in [6.07, 6.45) is 1.43. The fraction of sp³-hybridized carbons (Fsp3) is 0.286. The number of aromatic hydroxyl groups is 1. The van der Waals surface area contributed by atoms with Crippen LogP contribution >= 0.6 is 0 Å². The summed E-state index contributed by atoms with van der Waals surface area (Å²) in [7, 11) is 0. The topological polar surface area (TPSA) is 66.8 Å². The smallest absolute Gasteiger partial charge is 0.325 e. The van der Waals surface area contributed by atoms with Crippen molar-refractivity contribution in [1.82, 2.24) is 4.90 Å². The maximum Gasteiger partial charge on any atom is 0.325 e. The second-order valence-corrected chi connectivity index (χ2v) is 3.94. The molecule has 0 fully saturated rings. The van der Waals surface area contributed by atoms with Gasteiger partial charge in [0.05, 0.1) is 12.2 Å². The van der Waals surface area contributed by atoms with Gasteiger partial charge in [0.2, 0.25) is 0 Å². The van der Waals surface area contributed by atoms with Crippen LogP contribution in [-0.2, 0) is 9.53 Å². The molecule has 0 radical (unpaired) electrons. The van der Waals surface area contributed by atoms with Gasteiger partial charge >= 0.3 is 5.97 Å². The second kappa shape index (κ2) is 7.28. The van der Waals surface area contributed by atoms with E-state index in [1.54, 1.807) is 6.92 Å². The van der Waals surface area contributed by atoms with Crippen molar-refractivity contribution in [3.63, 3.8) is 0 Å². The number of carbonyl (C=O) groups excluding carboxylic acids is 2. The van der Waals surface area contributed by atoms with Gasteiger partial charge in [-0.05, 0) is 19.1 Å². The normalized spacial score (nSPS) is 9.90. The minimum Gasteiger partial charge on any atom is -0.508 e. The molecule has 108 valence electrons. The van der Waals surface area contributed by atoms with E-state index in [4.69, 9.17) is 9.84 Å². The van der Waals surface area contributed by atoms with Gasteiger partial charge in [0.25, 0.3) is 5.91 Å². The number of halogens is 1. The van der Waals surface area contributed by atoms with E-state index in [0.717, 1.165) is 17.0 Å². The summed E-state index contributed by atoms with van der Waals surface area (Å²) >= 11 is 0. The molecule has 0 aliphatic heterocycles. The van der Waals surface area contributed by atoms with Gasteiger partial charge in [-0.3, -0.25) is 9.59 Å². The van der Waals surface area contributed by atoms with Gasteiger partial charge in [-0.15, -0.1) is 6.58 Å². The third kappa shape index (κ3) is 4.08. The average Bonchev–Trinajstić information content (AvgIpc) is 2.38. The van der Waals surface area contributed by atoms with Gasteiger partial charge in [0.15, 0.2) is 0 Å². The molecule has 0 aliphatic rings. The summed E-state index contributed by atoms with van der Waals surface area (Å²) in [5.41, 5.74) is -0.228. The molecule has 0 saturated carbocycles. The van der Waals surface area contributed by atoms with Crippen LogP contribution in [0.3, 0.4) is 0 Å². The number of nitrogens with zero attached hydrogens (tertiary/aromatic N) is 1. The number of rotatable bonds is 6. The number of esters is 1. The van der Waals surface area contributed by atoms with Crippen molar-refractivity contribution in [2.75, 3.05) is 19.7 Å². The lowest BCUT2D eigenvalue weighted by Gasteiger charge is -2.20. The molecular formula is C14H16FNO4. The number of carbonyl (C=O) groups is 2. The van der Waals surface area contributed by atoms with Crippen molar-refractivity contribution in [2.24, 2.45) is 0 Å². The Labute approximate surface area is 116 Å². The van der Waals surface area contributed by atoms with E-state index < -0.39 is 17.7 Å². The quantitative estimate of drug-likeness (QED) is 0.637. The minimum atomic E-state index is -0.854. The standard InChI is InChI=1S/C14H16FNO4/c1-3-7-16(9-13(18)20-4-2)14(19)11-6-5-10(17)8-12(11)15/h3,5-6,8,17H,1,4,7,9H2,2H3. The van der Waals surface area contributed by atoms with Crippen LogP contribution in [0, 0.1) is 5.82 Å². The lowest BCUT2D eigenvalue weighted by atomic mass is 10.1. The number of hydrogen-bond acceptors (Lipinski definition) is 4. The molecule has 1 aromatic rings. The van der Waals surface area contributed by atoms with E-state index in [2.05, 4.69) is 6.58 Å². The van der Waals surface area contributed by atoms with Gasteiger partial charge in [-0.1, -0.05) is 6.08 Å². The summed E-state index contributed by atoms with van der Waals surface area (Å²) in [6.45, 7) is 5.12. The Morgan fingerprint density at radius 1 is 1.50 bits per heavy atom. The summed E-state index contributed by atoms with van der Waals surface area (Å²) in [5, 5.41) is 9.12. The molecule has 1 N–H and O–H groups in total. The van der Waals surface area contributed by atoms with E-state index in [0.29, 0.717) is 0 Å². The van der Waals surface area contributed by atoms with Gasteiger partial charge in [-0.25, -0.2) is 4.39 Å². The van der Waals surface area contributed by atoms with Gasteiger partial charge in [0, 0.05) is 12.6 Å². The molecule has 5 nitrogen and oxygen atoms in total. The Morgan fingerprint density at radius 3 is 2.75 bits per heavy atom. The first-order valence-electron chi connectivity index (χ1n) is 6.03. The molecule has 20 heavy (non-hydrogen) atoms. The van der Waals surface area contributed by atoms with Crippen molar-refractivity contribution < 1.29 is 23.8 Å². The molecule has 0 unspecified atom stereocenters. The predicted molar refractivity (Wildman–Crippen MR) is 70.8 cm³/mol. The second-order valence-electron chi connectivity index (χ2n) is 3.94. The number of amides is 1. The third-order valence-electron chi connectivity index (χ3n) is 2.45. The maximum absolute atomic E-state index is 13.6. The lowest BCUT2D eigenvalue weighted by molar-refractivity contribution is -0.143. The van der Waals surface area contributed by atoms with E-state index in [1.165, 1.54) is 12.1 Å². The highest BCUT2D eigenvalue weighted by atomic mass is 19.1. The number of benzene rings is 1. The zero-order chi connectivity index (χ0) is 15.1. The average molecular weight is 281 g/mol. The summed E-state index contributed by atoms with van der Waals surface area (Å²) in [4.78, 5) is 24.7. The molecule has 1 amide bonds. The Balaban J connectivity index is 2.93. The molecule has 1 rings (SSSR count). The number of phenolic OH excluding ortho intramolecular Hbond substituents is 1. The fourth-order valence-electron chi connectivity index (χ4n) is 1.59. The summed E-state index contributed by atoms with van der Waals surface area (Å²) in [5.74, 6) is -2.38. The molecule has 0 atom stereocenters. The minimum absolute atomic E-state index is 0.0813. The van der Waals surface area contributed by atoms with Crippen molar-refractivity contribution >= 4 is 11.9 Å². The summed E-state index contributed by atoms with van der Waals surface area (Å²) < 4.78 is 18.4. The molecule has 0 heterocycles. The Morgan fingerprint density at radius 2 is 2.20 bits per heavy atom. The van der Waals surface area contributed by atoms with Crippen LogP contribution in [0.25, 0.3) is 0 Å². The van der Waals surface area contributed by atoms with Crippen LogP contribution in [0.5, 0.6) is 5.75 Å². The SMILES string of the molecule is C=CCN(CC(=O)OCC)C(=O)c1ccc(O)cc1F. The lowest BCUT2D eigenvalue weighted by Crippen LogP contribution is -2.37. The maximum atomic E-state index is 13.6. The van der Waals surface area contributed by atoms with Gasteiger partial charge in [-0.2, -0.15) is 0 Å². The molecular weight excluding hydrogens is 265 g/mol. The molecule has 1 aromatic carbocycles. The first kappa shape index (κ1) is 15.7. The zero-order valence-electron chi connectivity index (χ0n) is 11.1. The summed E-state index contributed by atoms with van der Waals surface area (Å²) in [6, 6.07) is 3.20. The van der Waals surface area contributed by atoms with Crippen LogP contribution in [0.4, 0.5) is 4.39 Å². The predicted octanol–water partition coefficient (Wildman–Crippen LogP) is 1.72. The van der Waals surface area contributed by atoms with E-state index in [-0.39, 0.29) is 31.0 Å². The highest BCUT2D eigenvalue weighted by Gasteiger charge is 2.21. The van der Waals surface area contributed by atoms with E-state index >= 15 is 0 Å². The molecule has 0 spiro atoms. The van der Waals surface area contributed by atoms with Gasteiger partial charge in [0.1, 0.15) is 18.1 Å². The monoisotopic (exact) mass is 281 g/mol. The van der Waals surface area contributed by atoms with Crippen LogP contribution in [0.15, 0.2) is 30.9 Å². The zero-order valence-corrected chi connectivity index (χ0v) is 11.1. The Hall–Kier alpha value is -2.37. The van der Waals surface area contributed by atoms with E-state index in [9.17, 15) is 14.0 Å². The van der Waals surface area contributed by atoms with Crippen LogP contribution < -0.4 is 0 Å². The van der Waals surface area contributed by atoms with Gasteiger partial charge < -0.3 is 14.7 Å². The largest absolute Gasteiger partial charge is 0.508 e. The van der Waals surface area contributed by atoms with Crippen LogP contribution in [0.1, 0.15) is 17.3 Å². The number of hydrogen-bond donors (Lipinski definition) is 1. The van der Waals surface area contributed by atoms with Crippen LogP contribution in [0.2, 0.25) is 0 Å². The van der Waals surface area contributed by atoms with Crippen LogP contribution in [-0.4, -0.2) is 41.6 Å². The molecule has 0 saturated heterocycles. The number of ether oxygens (including phenoxy) is 1. The number of phenols is 1. The van der Waals surface area contributed by atoms with Crippen molar-refractivity contribution in [3.8, 4) is 5.75 Å². The first-order chi connectivity index (χ1) is 9.49. The fourth-order valence-corrected chi connectivity index (χ4v) is 1.59. The molecule has 0 bridgehead atoms. The molecule has 6 heteroatoms. The van der Waals surface area contributed by atoms with Crippen molar-refractivity contribution in [1.29, 1.82) is 0 Å². The molecule has 0 aromatic heterocycles. The molecule has 0 aliphatic carbocycles. The van der Waals surface area contributed by atoms with Crippen molar-refractivity contribution in [2.45, 2.75) is 6.92 Å². The highest BCUT2D eigenvalue weighted by Crippen LogP contribution is 2.16. The third-order valence-corrected chi connectivity index (χ3v) is 2.45. The Kier molecular flexibility index (Phi) is 5.71. The Bertz CT molecular complexity index is 516. The first-order valence-corrected chi connectivity index (χ1v) is 6.03. The van der Waals surface area contributed by atoms with E-state index in [1.807, 2.05) is 0 Å². The van der Waals surface area contributed by atoms with Crippen molar-refractivity contribution in [3.05, 3.63) is 42.2 Å².